The predicted octanol–water partition coefficient (Wildman–Crippen LogP) is 2.37. The molecular formula is C20H18ClNO9S. The van der Waals surface area contributed by atoms with Crippen molar-refractivity contribution < 1.29 is 43.0 Å². The van der Waals surface area contributed by atoms with E-state index in [9.17, 15) is 38.1 Å². The number of aliphatic hydroxyl groups is 1. The van der Waals surface area contributed by atoms with Gasteiger partial charge in [0.2, 0.25) is 0 Å². The number of nitrogens with zero attached hydrogens (tertiary/aromatic N) is 1. The number of Topliss-reactive ketones (excluding diaryl/α,β-unsaturated/α-hetero) is 1. The normalized spacial score (nSPS) is 21.0. The number of sulfone groups is 1. The fourth-order valence-corrected chi connectivity index (χ4v) is 4.86. The van der Waals surface area contributed by atoms with Crippen LogP contribution in [0.5, 0.6) is 0 Å². The molecule has 0 saturated heterocycles. The Morgan fingerprint density at radius 1 is 1.22 bits per heavy atom. The van der Waals surface area contributed by atoms with Gasteiger partial charge in [-0.2, -0.15) is 0 Å². The van der Waals surface area contributed by atoms with Crippen molar-refractivity contribution in [1.29, 1.82) is 0 Å². The van der Waals surface area contributed by atoms with Crippen molar-refractivity contribution in [3.8, 4) is 0 Å². The third-order valence-electron chi connectivity index (χ3n) is 5.17. The van der Waals surface area contributed by atoms with Gasteiger partial charge in [0.05, 0.1) is 32.2 Å². The van der Waals surface area contributed by atoms with Crippen molar-refractivity contribution in [1.82, 2.24) is 0 Å². The van der Waals surface area contributed by atoms with Crippen molar-refractivity contribution in [2.75, 3.05) is 12.9 Å². The summed E-state index contributed by atoms with van der Waals surface area (Å²) in [5, 5.41) is 32.9. The highest BCUT2D eigenvalue weighted by Gasteiger charge is 2.42. The Labute approximate surface area is 187 Å². The van der Waals surface area contributed by atoms with Crippen LogP contribution in [0.15, 0.2) is 45.2 Å². The summed E-state index contributed by atoms with van der Waals surface area (Å²) in [5.74, 6) is -4.80. The van der Waals surface area contributed by atoms with Gasteiger partial charge in [-0.3, -0.25) is 9.59 Å². The van der Waals surface area contributed by atoms with E-state index in [-0.39, 0.29) is 39.8 Å². The summed E-state index contributed by atoms with van der Waals surface area (Å²) in [6.45, 7) is 1.39. The number of allylic oxidation sites excluding steroid dienone is 1. The van der Waals surface area contributed by atoms with Crippen LogP contribution in [-0.4, -0.2) is 60.0 Å². The topological polar surface area (TPSA) is 168 Å². The molecule has 3 N–H and O–H groups in total. The summed E-state index contributed by atoms with van der Waals surface area (Å²) < 4.78 is 24.5. The maximum absolute atomic E-state index is 13.3. The SMILES string of the molecule is CC1(C(=O)O)C=C(O)C(C(=O)c2ccc(S(C)(=O)=O)c(C3=NOCC3)c2Cl)=C(C(=O)O)C1. The fraction of sp³-hybridized carbons (Fsp3) is 0.300. The van der Waals surface area contributed by atoms with Gasteiger partial charge in [-0.05, 0) is 31.6 Å². The van der Waals surface area contributed by atoms with Gasteiger partial charge in [0.1, 0.15) is 12.4 Å². The molecule has 12 heteroatoms. The summed E-state index contributed by atoms with van der Waals surface area (Å²) in [7, 11) is -3.78. The van der Waals surface area contributed by atoms with E-state index >= 15 is 0 Å². The monoisotopic (exact) mass is 483 g/mol. The first-order valence-corrected chi connectivity index (χ1v) is 11.4. The van der Waals surface area contributed by atoms with Gasteiger partial charge in [-0.1, -0.05) is 16.8 Å². The van der Waals surface area contributed by atoms with Gasteiger partial charge in [-0.25, -0.2) is 13.2 Å². The van der Waals surface area contributed by atoms with Gasteiger partial charge < -0.3 is 20.2 Å². The molecule has 3 rings (SSSR count). The molecular weight excluding hydrogens is 466 g/mol. The summed E-state index contributed by atoms with van der Waals surface area (Å²) >= 11 is 6.41. The maximum atomic E-state index is 13.3. The van der Waals surface area contributed by atoms with E-state index in [1.54, 1.807) is 0 Å². The smallest absolute Gasteiger partial charge is 0.332 e. The van der Waals surface area contributed by atoms with Crippen LogP contribution in [0.1, 0.15) is 35.7 Å². The Morgan fingerprint density at radius 3 is 2.38 bits per heavy atom. The number of rotatable bonds is 6. The fourth-order valence-electron chi connectivity index (χ4n) is 3.54. The molecule has 0 amide bonds. The van der Waals surface area contributed by atoms with Crippen molar-refractivity contribution in [3.05, 3.63) is 51.3 Å². The second kappa shape index (κ2) is 8.06. The first kappa shape index (κ1) is 23.5. The lowest BCUT2D eigenvalue weighted by Crippen LogP contribution is -2.32. The van der Waals surface area contributed by atoms with E-state index < -0.39 is 56.3 Å². The van der Waals surface area contributed by atoms with Crippen molar-refractivity contribution in [3.63, 3.8) is 0 Å². The molecule has 0 aromatic heterocycles. The van der Waals surface area contributed by atoms with E-state index in [4.69, 9.17) is 16.4 Å². The zero-order valence-electron chi connectivity index (χ0n) is 16.9. The van der Waals surface area contributed by atoms with Crippen molar-refractivity contribution in [2.24, 2.45) is 10.6 Å². The number of aliphatic carboxylic acids is 2. The maximum Gasteiger partial charge on any atom is 0.332 e. The summed E-state index contributed by atoms with van der Waals surface area (Å²) in [6, 6.07) is 2.24. The molecule has 0 radical (unpaired) electrons. The number of hydrogen-bond donors (Lipinski definition) is 3. The van der Waals surface area contributed by atoms with Crippen molar-refractivity contribution >= 4 is 44.9 Å². The highest BCUT2D eigenvalue weighted by molar-refractivity contribution is 7.90. The second-order valence-corrected chi connectivity index (χ2v) is 9.97. The van der Waals surface area contributed by atoms with E-state index in [0.29, 0.717) is 0 Å². The third kappa shape index (κ3) is 4.00. The van der Waals surface area contributed by atoms with Crippen LogP contribution in [0.4, 0.5) is 0 Å². The van der Waals surface area contributed by atoms with Crippen LogP contribution in [0.3, 0.4) is 0 Å². The minimum absolute atomic E-state index is 0.0513. The van der Waals surface area contributed by atoms with Crippen LogP contribution in [0.2, 0.25) is 5.02 Å². The van der Waals surface area contributed by atoms with Crippen molar-refractivity contribution in [2.45, 2.75) is 24.7 Å². The van der Waals surface area contributed by atoms with Crippen LogP contribution >= 0.6 is 11.6 Å². The largest absolute Gasteiger partial charge is 0.507 e. The molecule has 170 valence electrons. The van der Waals surface area contributed by atoms with Gasteiger partial charge in [0.25, 0.3) is 0 Å². The van der Waals surface area contributed by atoms with Crippen LogP contribution in [0.25, 0.3) is 0 Å². The first-order valence-electron chi connectivity index (χ1n) is 9.16. The third-order valence-corrected chi connectivity index (χ3v) is 6.70. The second-order valence-electron chi connectivity index (χ2n) is 7.61. The minimum atomic E-state index is -3.78. The molecule has 0 bridgehead atoms. The highest BCUT2D eigenvalue weighted by atomic mass is 35.5. The molecule has 0 spiro atoms. The number of ketones is 1. The molecule has 0 saturated carbocycles. The average Bonchev–Trinajstić information content (AvgIpc) is 3.20. The lowest BCUT2D eigenvalue weighted by atomic mass is 9.75. The standard InChI is InChI=1S/C20H18ClNO9S/c1-20(19(27)28)7-10(18(25)26)14(12(23)8-20)17(24)9-3-4-13(32(2,29)30)15(16(9)21)11-5-6-31-22-11/h3-4,8,23H,5-7H2,1-2H3,(H,25,26)(H,27,28). The number of halogens is 1. The Morgan fingerprint density at radius 2 is 1.88 bits per heavy atom. The molecule has 1 aromatic carbocycles. The minimum Gasteiger partial charge on any atom is -0.507 e. The van der Waals surface area contributed by atoms with Gasteiger partial charge >= 0.3 is 11.9 Å². The zero-order chi connectivity index (χ0) is 24.0. The van der Waals surface area contributed by atoms with Crippen LogP contribution in [0, 0.1) is 5.41 Å². The lowest BCUT2D eigenvalue weighted by molar-refractivity contribution is -0.145. The number of carbonyl (C=O) groups excluding carboxylic acids is 1. The molecule has 10 nitrogen and oxygen atoms in total. The number of hydrogen-bond acceptors (Lipinski definition) is 8. The predicted molar refractivity (Wildman–Crippen MR) is 112 cm³/mol. The molecule has 2 aliphatic rings. The molecule has 1 heterocycles. The Bertz CT molecular complexity index is 1260. The quantitative estimate of drug-likeness (QED) is 0.514. The molecule has 0 fully saturated rings. The first-order chi connectivity index (χ1) is 14.8. The average molecular weight is 484 g/mol. The number of carbonyl (C=O) groups is 3. The summed E-state index contributed by atoms with van der Waals surface area (Å²) in [5.41, 5.74) is -3.11. The molecule has 1 unspecified atom stereocenters. The van der Waals surface area contributed by atoms with Crippen LogP contribution in [-0.2, 0) is 24.3 Å². The lowest BCUT2D eigenvalue weighted by Gasteiger charge is -2.27. The molecule has 32 heavy (non-hydrogen) atoms. The van der Waals surface area contributed by atoms with Gasteiger partial charge in [0.15, 0.2) is 15.6 Å². The van der Waals surface area contributed by atoms with Gasteiger partial charge in [0, 0.05) is 23.8 Å². The van der Waals surface area contributed by atoms with E-state index in [1.165, 1.54) is 6.92 Å². The molecule has 1 aliphatic carbocycles. The van der Waals surface area contributed by atoms with E-state index in [1.807, 2.05) is 0 Å². The number of carboxylic acid groups (broad SMARTS) is 2. The summed E-state index contributed by atoms with van der Waals surface area (Å²) in [4.78, 5) is 41.4. The van der Waals surface area contributed by atoms with Gasteiger partial charge in [-0.15, -0.1) is 0 Å². The number of oxime groups is 1. The van der Waals surface area contributed by atoms with Crippen LogP contribution < -0.4 is 0 Å². The highest BCUT2D eigenvalue weighted by Crippen LogP contribution is 2.40. The molecule has 1 atom stereocenters. The molecule has 1 aliphatic heterocycles. The Hall–Kier alpha value is -3.18. The summed E-state index contributed by atoms with van der Waals surface area (Å²) in [6.07, 6.45) is 1.51. The number of carboxylic acids is 2. The Kier molecular flexibility index (Phi) is 5.92. The molecule has 1 aromatic rings. The van der Waals surface area contributed by atoms with E-state index in [2.05, 4.69) is 5.16 Å². The number of aliphatic hydroxyl groups excluding tert-OH is 1. The van der Waals surface area contributed by atoms with E-state index in [0.717, 1.165) is 24.5 Å². The zero-order valence-corrected chi connectivity index (χ0v) is 18.5. The Balaban J connectivity index is 2.23. The number of benzene rings is 1.